The normalized spacial score (nSPS) is 11.7. The highest BCUT2D eigenvalue weighted by molar-refractivity contribution is 6.30. The van der Waals surface area contributed by atoms with Crippen molar-refractivity contribution in [2.75, 3.05) is 5.32 Å². The van der Waals surface area contributed by atoms with Gasteiger partial charge in [0.05, 0.1) is 10.9 Å². The summed E-state index contributed by atoms with van der Waals surface area (Å²) in [5, 5.41) is 3.42. The Morgan fingerprint density at radius 2 is 1.62 bits per heavy atom. The molecule has 0 bridgehead atoms. The molecule has 1 atom stereocenters. The highest BCUT2D eigenvalue weighted by Crippen LogP contribution is 2.23. The van der Waals surface area contributed by atoms with Crippen LogP contribution in [-0.4, -0.2) is 10.9 Å². The smallest absolute Gasteiger partial charge is 0.233 e. The maximum absolute atomic E-state index is 12.8. The molecule has 0 radical (unpaired) electrons. The molecule has 1 aromatic heterocycles. The van der Waals surface area contributed by atoms with Crippen molar-refractivity contribution < 1.29 is 4.79 Å². The first-order valence-electron chi connectivity index (χ1n) is 7.73. The van der Waals surface area contributed by atoms with Gasteiger partial charge in [-0.3, -0.25) is 4.79 Å². The molecule has 0 aliphatic carbocycles. The lowest BCUT2D eigenvalue weighted by molar-refractivity contribution is -0.117. The average Bonchev–Trinajstić information content (AvgIpc) is 2.63. The molecule has 3 nitrogen and oxygen atoms in total. The van der Waals surface area contributed by atoms with Crippen LogP contribution in [0.4, 0.5) is 5.82 Å². The Bertz CT molecular complexity index is 789. The van der Waals surface area contributed by atoms with Crippen LogP contribution in [0.25, 0.3) is 0 Å². The Balaban J connectivity index is 1.83. The molecule has 1 unspecified atom stereocenters. The Labute approximate surface area is 146 Å². The predicted octanol–water partition coefficient (Wildman–Crippen LogP) is 4.70. The van der Waals surface area contributed by atoms with E-state index < -0.39 is 0 Å². The number of pyridine rings is 1. The summed E-state index contributed by atoms with van der Waals surface area (Å²) >= 11 is 5.84. The molecule has 1 amide bonds. The van der Waals surface area contributed by atoms with Crippen molar-refractivity contribution in [1.82, 2.24) is 4.98 Å². The number of carbonyl (C=O) groups excluding carboxylic acids is 1. The summed E-state index contributed by atoms with van der Waals surface area (Å²) in [7, 11) is 0. The van der Waals surface area contributed by atoms with Crippen molar-refractivity contribution in [3.05, 3.63) is 95.1 Å². The lowest BCUT2D eigenvalue weighted by atomic mass is 9.91. The van der Waals surface area contributed by atoms with E-state index in [1.54, 1.807) is 12.1 Å². The van der Waals surface area contributed by atoms with Crippen LogP contribution >= 0.6 is 11.6 Å². The number of amides is 1. The number of benzene rings is 2. The quantitative estimate of drug-likeness (QED) is 0.733. The third kappa shape index (κ3) is 4.21. The Kier molecular flexibility index (Phi) is 5.24. The van der Waals surface area contributed by atoms with E-state index in [2.05, 4.69) is 10.3 Å². The molecule has 4 heteroatoms. The van der Waals surface area contributed by atoms with Gasteiger partial charge in [-0.1, -0.05) is 72.3 Å². The standard InChI is InChI=1S/C20H17ClN2O/c21-17-11-12-19(22-14-17)23-20(24)18(16-9-5-2-6-10-16)13-15-7-3-1-4-8-15/h1-12,14,18H,13H2,(H,22,23,24). The molecule has 0 fully saturated rings. The zero-order valence-corrected chi connectivity index (χ0v) is 13.8. The van der Waals surface area contributed by atoms with E-state index in [0.29, 0.717) is 17.3 Å². The molecule has 0 spiro atoms. The number of hydrogen-bond acceptors (Lipinski definition) is 2. The summed E-state index contributed by atoms with van der Waals surface area (Å²) in [6.45, 7) is 0. The molecule has 0 saturated carbocycles. The van der Waals surface area contributed by atoms with Crippen LogP contribution in [0, 0.1) is 0 Å². The van der Waals surface area contributed by atoms with Crippen molar-refractivity contribution in [1.29, 1.82) is 0 Å². The van der Waals surface area contributed by atoms with Gasteiger partial charge in [0.1, 0.15) is 5.82 Å². The van der Waals surface area contributed by atoms with E-state index in [-0.39, 0.29) is 11.8 Å². The van der Waals surface area contributed by atoms with Gasteiger partial charge in [-0.2, -0.15) is 0 Å². The molecule has 120 valence electrons. The zero-order valence-electron chi connectivity index (χ0n) is 13.0. The van der Waals surface area contributed by atoms with E-state index in [9.17, 15) is 4.79 Å². The van der Waals surface area contributed by atoms with Gasteiger partial charge in [-0.05, 0) is 29.7 Å². The second-order valence-electron chi connectivity index (χ2n) is 5.50. The van der Waals surface area contributed by atoms with E-state index in [1.165, 1.54) is 6.20 Å². The highest BCUT2D eigenvalue weighted by Gasteiger charge is 2.21. The molecular weight excluding hydrogens is 320 g/mol. The number of rotatable bonds is 5. The summed E-state index contributed by atoms with van der Waals surface area (Å²) in [6, 6.07) is 23.2. The monoisotopic (exact) mass is 336 g/mol. The van der Waals surface area contributed by atoms with E-state index in [1.807, 2.05) is 60.7 Å². The van der Waals surface area contributed by atoms with Gasteiger partial charge >= 0.3 is 0 Å². The first kappa shape index (κ1) is 16.2. The summed E-state index contributed by atoms with van der Waals surface area (Å²) < 4.78 is 0. The maximum Gasteiger partial charge on any atom is 0.233 e. The second-order valence-corrected chi connectivity index (χ2v) is 5.94. The minimum atomic E-state index is -0.286. The van der Waals surface area contributed by atoms with Gasteiger partial charge in [-0.25, -0.2) is 4.98 Å². The van der Waals surface area contributed by atoms with Gasteiger partial charge in [0.2, 0.25) is 5.91 Å². The molecule has 0 aliphatic heterocycles. The number of nitrogens with zero attached hydrogens (tertiary/aromatic N) is 1. The van der Waals surface area contributed by atoms with Crippen molar-refractivity contribution in [3.63, 3.8) is 0 Å². The van der Waals surface area contributed by atoms with Crippen molar-refractivity contribution in [2.45, 2.75) is 12.3 Å². The maximum atomic E-state index is 12.8. The van der Waals surface area contributed by atoms with Crippen LogP contribution in [0.3, 0.4) is 0 Å². The van der Waals surface area contributed by atoms with Crippen molar-refractivity contribution in [2.24, 2.45) is 0 Å². The van der Waals surface area contributed by atoms with E-state index in [0.717, 1.165) is 11.1 Å². The molecule has 1 N–H and O–H groups in total. The fourth-order valence-corrected chi connectivity index (χ4v) is 2.67. The predicted molar refractivity (Wildman–Crippen MR) is 97.2 cm³/mol. The lowest BCUT2D eigenvalue weighted by Crippen LogP contribution is -2.23. The fourth-order valence-electron chi connectivity index (χ4n) is 2.56. The lowest BCUT2D eigenvalue weighted by Gasteiger charge is -2.17. The largest absolute Gasteiger partial charge is 0.310 e. The Morgan fingerprint density at radius 1 is 0.958 bits per heavy atom. The summed E-state index contributed by atoms with van der Waals surface area (Å²) in [4.78, 5) is 17.0. The summed E-state index contributed by atoms with van der Waals surface area (Å²) in [5.74, 6) is 0.129. The average molecular weight is 337 g/mol. The van der Waals surface area contributed by atoms with Crippen LogP contribution in [0.15, 0.2) is 79.0 Å². The first-order valence-corrected chi connectivity index (χ1v) is 8.11. The van der Waals surface area contributed by atoms with Gasteiger partial charge < -0.3 is 5.32 Å². The third-order valence-electron chi connectivity index (χ3n) is 3.78. The first-order chi connectivity index (χ1) is 11.7. The molecule has 0 saturated heterocycles. The Morgan fingerprint density at radius 3 is 2.25 bits per heavy atom. The minimum absolute atomic E-state index is 0.0834. The van der Waals surface area contributed by atoms with Crippen LogP contribution < -0.4 is 5.32 Å². The van der Waals surface area contributed by atoms with Gasteiger partial charge in [0.15, 0.2) is 0 Å². The number of nitrogens with one attached hydrogen (secondary N) is 1. The molecule has 0 aliphatic rings. The van der Waals surface area contributed by atoms with Crippen molar-refractivity contribution in [3.8, 4) is 0 Å². The number of halogens is 1. The topological polar surface area (TPSA) is 42.0 Å². The summed E-state index contributed by atoms with van der Waals surface area (Å²) in [6.07, 6.45) is 2.15. The van der Waals surface area contributed by atoms with Crippen molar-refractivity contribution >= 4 is 23.3 Å². The Hall–Kier alpha value is -2.65. The van der Waals surface area contributed by atoms with E-state index >= 15 is 0 Å². The molecule has 3 rings (SSSR count). The number of aromatic nitrogens is 1. The molecule has 24 heavy (non-hydrogen) atoms. The molecule has 3 aromatic rings. The number of hydrogen-bond donors (Lipinski definition) is 1. The SMILES string of the molecule is O=C(Nc1ccc(Cl)cn1)C(Cc1ccccc1)c1ccccc1. The van der Waals surface area contributed by atoms with Crippen LogP contribution in [0.1, 0.15) is 17.0 Å². The van der Waals surface area contributed by atoms with E-state index in [4.69, 9.17) is 11.6 Å². The second kappa shape index (κ2) is 7.75. The van der Waals surface area contributed by atoms with Gasteiger partial charge in [0, 0.05) is 6.20 Å². The highest BCUT2D eigenvalue weighted by atomic mass is 35.5. The zero-order chi connectivity index (χ0) is 16.8. The fraction of sp³-hybridized carbons (Fsp3) is 0.100. The van der Waals surface area contributed by atoms with Gasteiger partial charge in [0.25, 0.3) is 0 Å². The molecule has 1 heterocycles. The third-order valence-corrected chi connectivity index (χ3v) is 4.00. The van der Waals surface area contributed by atoms with Crippen LogP contribution in [0.2, 0.25) is 5.02 Å². The number of anilines is 1. The molecule has 2 aromatic carbocycles. The van der Waals surface area contributed by atoms with Crippen LogP contribution in [0.5, 0.6) is 0 Å². The number of carbonyl (C=O) groups is 1. The van der Waals surface area contributed by atoms with Crippen LogP contribution in [-0.2, 0) is 11.2 Å². The summed E-state index contributed by atoms with van der Waals surface area (Å²) in [5.41, 5.74) is 2.10. The minimum Gasteiger partial charge on any atom is -0.310 e. The van der Waals surface area contributed by atoms with Gasteiger partial charge in [-0.15, -0.1) is 0 Å². The molecular formula is C20H17ClN2O.